The van der Waals surface area contributed by atoms with Gasteiger partial charge in [-0.15, -0.1) is 0 Å². The van der Waals surface area contributed by atoms with E-state index >= 15 is 0 Å². The molecule has 2 amide bonds. The lowest BCUT2D eigenvalue weighted by Crippen LogP contribution is -2.25. The molecule has 156 valence electrons. The molecule has 0 saturated heterocycles. The topological polar surface area (TPSA) is 76.0 Å². The average molecular weight is 445 g/mol. The quantitative estimate of drug-likeness (QED) is 0.474. The van der Waals surface area contributed by atoms with Gasteiger partial charge < -0.3 is 15.2 Å². The Morgan fingerprint density at radius 2 is 1.93 bits per heavy atom. The highest BCUT2D eigenvalue weighted by atomic mass is 35.5. The Morgan fingerprint density at radius 3 is 2.70 bits per heavy atom. The zero-order valence-corrected chi connectivity index (χ0v) is 17.8. The molecular formula is C22H22Cl2N4O2. The van der Waals surface area contributed by atoms with Gasteiger partial charge in [-0.2, -0.15) is 0 Å². The summed E-state index contributed by atoms with van der Waals surface area (Å²) in [6.07, 6.45) is 7.02. The lowest BCUT2D eigenvalue weighted by Gasteiger charge is -2.09. The SMILES string of the molecule is O=C(CCn1ccnc1)Nc1cccc(C(=O)NCCCc2ccc(Cl)c(Cl)c2)c1. The normalized spacial score (nSPS) is 10.6. The maximum absolute atomic E-state index is 12.4. The standard InChI is InChI=1S/C22H22Cl2N4O2/c23-19-7-6-16(13-20(19)24)3-2-9-26-22(30)17-4-1-5-18(14-17)27-21(29)8-11-28-12-10-25-15-28/h1,4-7,10,12-15H,2-3,8-9,11H2,(H,26,30)(H,27,29). The first kappa shape index (κ1) is 21.9. The van der Waals surface area contributed by atoms with E-state index in [0.29, 0.717) is 40.8 Å². The van der Waals surface area contributed by atoms with Crippen LogP contribution in [0.15, 0.2) is 61.2 Å². The van der Waals surface area contributed by atoms with E-state index in [-0.39, 0.29) is 11.8 Å². The second kappa shape index (κ2) is 10.8. The minimum absolute atomic E-state index is 0.122. The Morgan fingerprint density at radius 1 is 1.07 bits per heavy atom. The Kier molecular flexibility index (Phi) is 7.88. The van der Waals surface area contributed by atoms with Gasteiger partial charge in [-0.25, -0.2) is 4.98 Å². The van der Waals surface area contributed by atoms with Gasteiger partial charge in [0.2, 0.25) is 5.91 Å². The van der Waals surface area contributed by atoms with Gasteiger partial charge in [-0.3, -0.25) is 9.59 Å². The van der Waals surface area contributed by atoms with Crippen LogP contribution in [0.1, 0.15) is 28.8 Å². The molecule has 0 radical (unpaired) electrons. The van der Waals surface area contributed by atoms with Gasteiger partial charge >= 0.3 is 0 Å². The number of aromatic nitrogens is 2. The number of anilines is 1. The van der Waals surface area contributed by atoms with Crippen LogP contribution in [0, 0.1) is 0 Å². The number of aryl methyl sites for hydroxylation is 2. The average Bonchev–Trinajstić information content (AvgIpc) is 3.26. The van der Waals surface area contributed by atoms with E-state index in [1.54, 1.807) is 49.1 Å². The van der Waals surface area contributed by atoms with Gasteiger partial charge in [0.25, 0.3) is 5.91 Å². The number of carbonyl (C=O) groups is 2. The highest BCUT2D eigenvalue weighted by Crippen LogP contribution is 2.23. The lowest BCUT2D eigenvalue weighted by atomic mass is 10.1. The molecule has 3 aromatic rings. The lowest BCUT2D eigenvalue weighted by molar-refractivity contribution is -0.116. The van der Waals surface area contributed by atoms with Gasteiger partial charge in [-0.05, 0) is 48.7 Å². The first-order chi connectivity index (χ1) is 14.5. The Balaban J connectivity index is 1.44. The zero-order valence-electron chi connectivity index (χ0n) is 16.3. The Hall–Kier alpha value is -2.83. The van der Waals surface area contributed by atoms with Crippen LogP contribution in [0.25, 0.3) is 0 Å². The number of nitrogens with one attached hydrogen (secondary N) is 2. The van der Waals surface area contributed by atoms with Crippen molar-refractivity contribution in [2.75, 3.05) is 11.9 Å². The number of amides is 2. The van der Waals surface area contributed by atoms with Crippen LogP contribution < -0.4 is 10.6 Å². The third kappa shape index (κ3) is 6.61. The van der Waals surface area contributed by atoms with Crippen LogP contribution in [0.5, 0.6) is 0 Å². The monoisotopic (exact) mass is 444 g/mol. The number of halogens is 2. The first-order valence-electron chi connectivity index (χ1n) is 9.59. The van der Waals surface area contributed by atoms with E-state index in [9.17, 15) is 9.59 Å². The number of imidazole rings is 1. The molecule has 1 aromatic heterocycles. The molecule has 0 saturated carbocycles. The smallest absolute Gasteiger partial charge is 0.251 e. The van der Waals surface area contributed by atoms with Crippen LogP contribution in [0.4, 0.5) is 5.69 Å². The molecule has 0 unspecified atom stereocenters. The van der Waals surface area contributed by atoms with Crippen molar-refractivity contribution in [1.29, 1.82) is 0 Å². The third-order valence-corrected chi connectivity index (χ3v) is 5.22. The second-order valence-corrected chi connectivity index (χ2v) is 7.60. The number of rotatable bonds is 9. The van der Waals surface area contributed by atoms with Crippen molar-refractivity contribution < 1.29 is 9.59 Å². The van der Waals surface area contributed by atoms with E-state index in [1.165, 1.54) is 0 Å². The summed E-state index contributed by atoms with van der Waals surface area (Å²) in [5.41, 5.74) is 2.16. The van der Waals surface area contributed by atoms with Gasteiger partial charge in [0.05, 0.1) is 16.4 Å². The van der Waals surface area contributed by atoms with Crippen molar-refractivity contribution in [3.05, 3.63) is 82.4 Å². The van der Waals surface area contributed by atoms with E-state index in [1.807, 2.05) is 16.7 Å². The Bertz CT molecular complexity index is 1010. The summed E-state index contributed by atoms with van der Waals surface area (Å²) in [6.45, 7) is 1.07. The molecule has 0 aliphatic carbocycles. The maximum atomic E-state index is 12.4. The minimum atomic E-state index is -0.182. The number of hydrogen-bond donors (Lipinski definition) is 2. The summed E-state index contributed by atoms with van der Waals surface area (Å²) < 4.78 is 1.83. The molecule has 0 spiro atoms. The highest BCUT2D eigenvalue weighted by Gasteiger charge is 2.08. The van der Waals surface area contributed by atoms with Crippen molar-refractivity contribution in [1.82, 2.24) is 14.9 Å². The molecule has 6 nitrogen and oxygen atoms in total. The molecule has 0 fully saturated rings. The highest BCUT2D eigenvalue weighted by molar-refractivity contribution is 6.42. The predicted molar refractivity (Wildman–Crippen MR) is 119 cm³/mol. The minimum Gasteiger partial charge on any atom is -0.352 e. The van der Waals surface area contributed by atoms with E-state index in [4.69, 9.17) is 23.2 Å². The maximum Gasteiger partial charge on any atom is 0.251 e. The molecule has 0 aliphatic heterocycles. The second-order valence-electron chi connectivity index (χ2n) is 6.79. The molecule has 0 atom stereocenters. The van der Waals surface area contributed by atoms with Crippen LogP contribution in [-0.2, 0) is 17.8 Å². The fourth-order valence-corrected chi connectivity index (χ4v) is 3.22. The van der Waals surface area contributed by atoms with E-state index < -0.39 is 0 Å². The molecule has 2 aromatic carbocycles. The zero-order chi connectivity index (χ0) is 21.3. The van der Waals surface area contributed by atoms with Gasteiger partial charge in [-0.1, -0.05) is 35.3 Å². The molecule has 1 heterocycles. The summed E-state index contributed by atoms with van der Waals surface area (Å²) in [5.74, 6) is -0.304. The largest absolute Gasteiger partial charge is 0.352 e. The van der Waals surface area contributed by atoms with Gasteiger partial charge in [0.15, 0.2) is 0 Å². The van der Waals surface area contributed by atoms with Gasteiger partial charge in [0.1, 0.15) is 0 Å². The molecule has 8 heteroatoms. The fourth-order valence-electron chi connectivity index (χ4n) is 2.90. The molecule has 0 bridgehead atoms. The van der Waals surface area contributed by atoms with Crippen LogP contribution in [0.3, 0.4) is 0 Å². The molecule has 2 N–H and O–H groups in total. The number of benzene rings is 2. The van der Waals surface area contributed by atoms with Crippen molar-refractivity contribution >= 4 is 40.7 Å². The summed E-state index contributed by atoms with van der Waals surface area (Å²) in [4.78, 5) is 28.5. The van der Waals surface area contributed by atoms with Gasteiger partial charge in [0, 0.05) is 43.2 Å². The number of hydrogen-bond acceptors (Lipinski definition) is 3. The van der Waals surface area contributed by atoms with Crippen LogP contribution in [0.2, 0.25) is 10.0 Å². The predicted octanol–water partition coefficient (Wildman–Crippen LogP) is 4.58. The summed E-state index contributed by atoms with van der Waals surface area (Å²) >= 11 is 11.9. The first-order valence-corrected chi connectivity index (χ1v) is 10.3. The number of nitrogens with zero attached hydrogens (tertiary/aromatic N) is 2. The summed E-state index contributed by atoms with van der Waals surface area (Å²) in [6, 6.07) is 12.4. The van der Waals surface area contributed by atoms with Crippen LogP contribution >= 0.6 is 23.2 Å². The molecule has 0 aliphatic rings. The Labute approximate surface area is 185 Å². The van der Waals surface area contributed by atoms with Crippen molar-refractivity contribution in [3.8, 4) is 0 Å². The number of carbonyl (C=O) groups excluding carboxylic acids is 2. The van der Waals surface area contributed by atoms with Crippen molar-refractivity contribution in [2.24, 2.45) is 0 Å². The van der Waals surface area contributed by atoms with E-state index in [2.05, 4.69) is 15.6 Å². The third-order valence-electron chi connectivity index (χ3n) is 4.48. The van der Waals surface area contributed by atoms with Crippen molar-refractivity contribution in [3.63, 3.8) is 0 Å². The molecular weight excluding hydrogens is 423 g/mol. The summed E-state index contributed by atoms with van der Waals surface area (Å²) in [7, 11) is 0. The molecule has 3 rings (SSSR count). The van der Waals surface area contributed by atoms with Crippen molar-refractivity contribution in [2.45, 2.75) is 25.8 Å². The summed E-state index contributed by atoms with van der Waals surface area (Å²) in [5, 5.41) is 6.78. The fraction of sp³-hybridized carbons (Fsp3) is 0.227. The van der Waals surface area contributed by atoms with Crippen LogP contribution in [-0.4, -0.2) is 27.9 Å². The van der Waals surface area contributed by atoms with E-state index in [0.717, 1.165) is 18.4 Å². The molecule has 30 heavy (non-hydrogen) atoms.